The van der Waals surface area contributed by atoms with Crippen LogP contribution in [-0.2, 0) is 4.79 Å². The van der Waals surface area contributed by atoms with Crippen LogP contribution in [0.4, 0.5) is 8.78 Å². The molecule has 94 valence electrons. The molecule has 0 fully saturated rings. The fourth-order valence-electron chi connectivity index (χ4n) is 1.00. The third kappa shape index (κ3) is 5.26. The van der Waals surface area contributed by atoms with Gasteiger partial charge in [0, 0.05) is 0 Å². The molecular formula is C11H13F2NO3. The summed E-state index contributed by atoms with van der Waals surface area (Å²) in [5, 5.41) is 10.3. The highest BCUT2D eigenvalue weighted by Crippen LogP contribution is 2.10. The number of hydrogen-bond acceptors (Lipinski definition) is 3. The third-order valence-corrected chi connectivity index (χ3v) is 1.89. The van der Waals surface area contributed by atoms with Gasteiger partial charge in [0.05, 0.1) is 6.54 Å². The number of para-hydroxylation sites is 1. The number of amides is 1. The molecule has 0 atom stereocenters. The predicted molar refractivity (Wildman–Crippen MR) is 57.0 cm³/mol. The number of aliphatic hydroxyl groups excluding tert-OH is 1. The minimum atomic E-state index is -3.30. The van der Waals surface area contributed by atoms with Crippen LogP contribution in [0.1, 0.15) is 0 Å². The molecule has 0 aliphatic heterocycles. The van der Waals surface area contributed by atoms with E-state index in [1.54, 1.807) is 30.3 Å². The van der Waals surface area contributed by atoms with E-state index in [0.29, 0.717) is 5.75 Å². The van der Waals surface area contributed by atoms with Gasteiger partial charge in [0.25, 0.3) is 11.8 Å². The lowest BCUT2D eigenvalue weighted by molar-refractivity contribution is -0.126. The standard InChI is InChI=1S/C11H13F2NO3/c12-11(13,8-15)7-14-10(16)6-17-9-4-2-1-3-5-9/h1-5,15H,6-8H2,(H,14,16). The molecule has 0 bridgehead atoms. The van der Waals surface area contributed by atoms with Crippen molar-refractivity contribution in [1.82, 2.24) is 5.32 Å². The van der Waals surface area contributed by atoms with Crippen molar-refractivity contribution in [2.75, 3.05) is 19.8 Å². The first-order chi connectivity index (χ1) is 8.03. The average Bonchev–Trinajstić information content (AvgIpc) is 2.35. The molecule has 0 saturated heterocycles. The van der Waals surface area contributed by atoms with E-state index in [2.05, 4.69) is 0 Å². The van der Waals surface area contributed by atoms with E-state index < -0.39 is 25.0 Å². The van der Waals surface area contributed by atoms with Crippen molar-refractivity contribution in [3.63, 3.8) is 0 Å². The zero-order valence-corrected chi connectivity index (χ0v) is 9.03. The van der Waals surface area contributed by atoms with E-state index in [0.717, 1.165) is 0 Å². The summed E-state index contributed by atoms with van der Waals surface area (Å²) in [5.74, 6) is -3.49. The zero-order chi connectivity index (χ0) is 12.7. The summed E-state index contributed by atoms with van der Waals surface area (Å²) < 4.78 is 30.2. The van der Waals surface area contributed by atoms with Crippen LogP contribution in [0.15, 0.2) is 30.3 Å². The van der Waals surface area contributed by atoms with Gasteiger partial charge >= 0.3 is 0 Å². The number of aliphatic hydroxyl groups is 1. The van der Waals surface area contributed by atoms with Gasteiger partial charge in [0.1, 0.15) is 12.4 Å². The Morgan fingerprint density at radius 2 is 2.00 bits per heavy atom. The Bertz CT molecular complexity index is 357. The molecule has 4 nitrogen and oxygen atoms in total. The van der Waals surface area contributed by atoms with Crippen LogP contribution < -0.4 is 10.1 Å². The summed E-state index contributed by atoms with van der Waals surface area (Å²) in [4.78, 5) is 11.1. The molecule has 0 unspecified atom stereocenters. The van der Waals surface area contributed by atoms with Crippen LogP contribution in [0.25, 0.3) is 0 Å². The van der Waals surface area contributed by atoms with Crippen LogP contribution in [0, 0.1) is 0 Å². The number of nitrogens with one attached hydrogen (secondary N) is 1. The minimum absolute atomic E-state index is 0.342. The largest absolute Gasteiger partial charge is 0.484 e. The Kier molecular flexibility index (Phi) is 4.84. The zero-order valence-electron chi connectivity index (χ0n) is 9.03. The summed E-state index contributed by atoms with van der Waals surface area (Å²) in [5.41, 5.74) is 0. The Morgan fingerprint density at radius 1 is 1.35 bits per heavy atom. The van der Waals surface area contributed by atoms with Gasteiger partial charge in [-0.1, -0.05) is 18.2 Å². The molecule has 0 radical (unpaired) electrons. The molecule has 1 aromatic carbocycles. The highest BCUT2D eigenvalue weighted by Gasteiger charge is 2.28. The van der Waals surface area contributed by atoms with Gasteiger partial charge in [0.15, 0.2) is 6.61 Å². The molecule has 0 heterocycles. The normalized spacial score (nSPS) is 11.0. The summed E-state index contributed by atoms with van der Waals surface area (Å²) in [7, 11) is 0. The van der Waals surface area contributed by atoms with Gasteiger partial charge in [0.2, 0.25) is 0 Å². The Balaban J connectivity index is 2.27. The number of hydrogen-bond donors (Lipinski definition) is 2. The molecule has 0 saturated carbocycles. The van der Waals surface area contributed by atoms with Crippen LogP contribution in [-0.4, -0.2) is 36.7 Å². The number of rotatable bonds is 6. The Hall–Kier alpha value is -1.69. The van der Waals surface area contributed by atoms with Gasteiger partial charge in [-0.3, -0.25) is 4.79 Å². The van der Waals surface area contributed by atoms with Crippen molar-refractivity contribution in [3.05, 3.63) is 30.3 Å². The maximum atomic E-state index is 12.6. The van der Waals surface area contributed by atoms with Crippen LogP contribution in [0.5, 0.6) is 5.75 Å². The van der Waals surface area contributed by atoms with Gasteiger partial charge in [-0.2, -0.15) is 0 Å². The van der Waals surface area contributed by atoms with E-state index in [9.17, 15) is 13.6 Å². The number of benzene rings is 1. The van der Waals surface area contributed by atoms with Gasteiger partial charge in [-0.05, 0) is 12.1 Å². The molecule has 0 aliphatic carbocycles. The number of alkyl halides is 2. The molecule has 0 aliphatic rings. The highest BCUT2D eigenvalue weighted by atomic mass is 19.3. The fraction of sp³-hybridized carbons (Fsp3) is 0.364. The SMILES string of the molecule is O=C(COc1ccccc1)NCC(F)(F)CO. The lowest BCUT2D eigenvalue weighted by Gasteiger charge is -2.14. The fourth-order valence-corrected chi connectivity index (χ4v) is 1.00. The molecule has 1 aromatic rings. The second-order valence-electron chi connectivity index (χ2n) is 3.39. The van der Waals surface area contributed by atoms with Crippen molar-refractivity contribution in [3.8, 4) is 5.75 Å². The topological polar surface area (TPSA) is 58.6 Å². The molecule has 1 rings (SSSR count). The van der Waals surface area contributed by atoms with E-state index in [4.69, 9.17) is 9.84 Å². The average molecular weight is 245 g/mol. The van der Waals surface area contributed by atoms with Crippen LogP contribution in [0.2, 0.25) is 0 Å². The maximum Gasteiger partial charge on any atom is 0.287 e. The molecule has 0 aromatic heterocycles. The number of carbonyl (C=O) groups excluding carboxylic acids is 1. The summed E-state index contributed by atoms with van der Waals surface area (Å²) >= 11 is 0. The minimum Gasteiger partial charge on any atom is -0.484 e. The maximum absolute atomic E-state index is 12.6. The monoisotopic (exact) mass is 245 g/mol. The van der Waals surface area contributed by atoms with Gasteiger partial charge < -0.3 is 15.2 Å². The number of carbonyl (C=O) groups is 1. The molecule has 17 heavy (non-hydrogen) atoms. The lowest BCUT2D eigenvalue weighted by atomic mass is 10.3. The lowest BCUT2D eigenvalue weighted by Crippen LogP contribution is -2.40. The second kappa shape index (κ2) is 6.15. The van der Waals surface area contributed by atoms with Gasteiger partial charge in [-0.15, -0.1) is 0 Å². The summed E-state index contributed by atoms with van der Waals surface area (Å²) in [6, 6.07) is 8.54. The van der Waals surface area contributed by atoms with E-state index in [1.165, 1.54) is 0 Å². The van der Waals surface area contributed by atoms with Crippen LogP contribution in [0.3, 0.4) is 0 Å². The molecule has 0 spiro atoms. The first-order valence-electron chi connectivity index (χ1n) is 4.97. The van der Waals surface area contributed by atoms with Crippen molar-refractivity contribution in [2.24, 2.45) is 0 Å². The molecule has 1 amide bonds. The second-order valence-corrected chi connectivity index (χ2v) is 3.39. The molecule has 6 heteroatoms. The first-order valence-corrected chi connectivity index (χ1v) is 4.97. The quantitative estimate of drug-likeness (QED) is 0.779. The van der Waals surface area contributed by atoms with E-state index in [-0.39, 0.29) is 6.61 Å². The van der Waals surface area contributed by atoms with Crippen molar-refractivity contribution in [2.45, 2.75) is 5.92 Å². The van der Waals surface area contributed by atoms with Gasteiger partial charge in [-0.25, -0.2) is 8.78 Å². The summed E-state index contributed by atoms with van der Waals surface area (Å²) in [6.07, 6.45) is 0. The molecular weight excluding hydrogens is 232 g/mol. The van der Waals surface area contributed by atoms with E-state index in [1.807, 2.05) is 5.32 Å². The van der Waals surface area contributed by atoms with E-state index >= 15 is 0 Å². The van der Waals surface area contributed by atoms with Crippen molar-refractivity contribution in [1.29, 1.82) is 0 Å². The first kappa shape index (κ1) is 13.4. The Morgan fingerprint density at radius 3 is 2.59 bits per heavy atom. The number of ether oxygens (including phenoxy) is 1. The summed E-state index contributed by atoms with van der Waals surface area (Å²) in [6.45, 7) is -2.54. The Labute approximate surface area is 97.2 Å². The van der Waals surface area contributed by atoms with Crippen LogP contribution >= 0.6 is 0 Å². The third-order valence-electron chi connectivity index (χ3n) is 1.89. The molecule has 2 N–H and O–H groups in total. The highest BCUT2D eigenvalue weighted by molar-refractivity contribution is 5.77. The predicted octanol–water partition coefficient (Wildman–Crippen LogP) is 0.809. The number of halogens is 2. The smallest absolute Gasteiger partial charge is 0.287 e. The van der Waals surface area contributed by atoms with Crippen molar-refractivity contribution < 1.29 is 23.4 Å². The van der Waals surface area contributed by atoms with Crippen molar-refractivity contribution >= 4 is 5.91 Å².